The highest BCUT2D eigenvalue weighted by Gasteiger charge is 2.13. The number of nitrogens with one attached hydrogen (secondary N) is 1. The van der Waals surface area contributed by atoms with E-state index < -0.39 is 6.10 Å². The molecule has 3 aromatic rings. The average Bonchev–Trinajstić information content (AvgIpc) is 2.75. The summed E-state index contributed by atoms with van der Waals surface area (Å²) < 4.78 is 5.69. The third-order valence-electron chi connectivity index (χ3n) is 4.07. The van der Waals surface area contributed by atoms with Gasteiger partial charge in [0.1, 0.15) is 5.75 Å². The fourth-order valence-electron chi connectivity index (χ4n) is 2.57. The van der Waals surface area contributed by atoms with Crippen LogP contribution in [0.15, 0.2) is 96.1 Å². The predicted octanol–water partition coefficient (Wildman–Crippen LogP) is 4.94. The van der Waals surface area contributed by atoms with Crippen molar-refractivity contribution in [3.05, 3.63) is 96.6 Å². The molecule has 4 heteroatoms. The first-order valence-electron chi connectivity index (χ1n) is 9.09. The molecule has 0 aliphatic heterocycles. The Balaban J connectivity index is 1.48. The van der Waals surface area contributed by atoms with Crippen molar-refractivity contribution in [2.45, 2.75) is 13.0 Å². The minimum atomic E-state index is -0.655. The topological polar surface area (TPSA) is 50.7 Å². The van der Waals surface area contributed by atoms with E-state index in [1.807, 2.05) is 78.9 Å². The van der Waals surface area contributed by atoms with Gasteiger partial charge in [-0.25, -0.2) is 5.43 Å². The van der Waals surface area contributed by atoms with Gasteiger partial charge in [0.25, 0.3) is 5.91 Å². The summed E-state index contributed by atoms with van der Waals surface area (Å²) in [7, 11) is 0. The van der Waals surface area contributed by atoms with Crippen molar-refractivity contribution < 1.29 is 9.53 Å². The number of hydrogen-bond donors (Lipinski definition) is 1. The Kier molecular flexibility index (Phi) is 6.74. The Morgan fingerprint density at radius 1 is 0.893 bits per heavy atom. The molecule has 28 heavy (non-hydrogen) atoms. The van der Waals surface area contributed by atoms with Gasteiger partial charge in [-0.2, -0.15) is 5.10 Å². The number of hydrogen-bond acceptors (Lipinski definition) is 3. The normalized spacial score (nSPS) is 12.2. The van der Waals surface area contributed by atoms with Crippen molar-refractivity contribution >= 4 is 18.2 Å². The molecule has 1 atom stereocenters. The first-order valence-corrected chi connectivity index (χ1v) is 9.09. The molecule has 0 spiro atoms. The van der Waals surface area contributed by atoms with Crippen LogP contribution < -0.4 is 10.2 Å². The van der Waals surface area contributed by atoms with Crippen LogP contribution >= 0.6 is 0 Å². The zero-order valence-corrected chi connectivity index (χ0v) is 15.7. The van der Waals surface area contributed by atoms with Crippen LogP contribution in [-0.2, 0) is 4.79 Å². The second kappa shape index (κ2) is 9.88. The van der Waals surface area contributed by atoms with Gasteiger partial charge in [0.15, 0.2) is 6.10 Å². The highest BCUT2D eigenvalue weighted by Crippen LogP contribution is 2.22. The van der Waals surface area contributed by atoms with Gasteiger partial charge in [-0.1, -0.05) is 78.9 Å². The molecule has 140 valence electrons. The molecule has 0 bridgehead atoms. The second-order valence-corrected chi connectivity index (χ2v) is 6.17. The third-order valence-corrected chi connectivity index (χ3v) is 4.07. The number of allylic oxidation sites excluding steroid dienone is 1. The summed E-state index contributed by atoms with van der Waals surface area (Å²) in [5.41, 5.74) is 5.78. The molecule has 0 saturated carbocycles. The summed E-state index contributed by atoms with van der Waals surface area (Å²) in [4.78, 5) is 12.1. The van der Waals surface area contributed by atoms with Gasteiger partial charge in [-0.15, -0.1) is 0 Å². The molecular weight excluding hydrogens is 348 g/mol. The molecule has 1 amide bonds. The van der Waals surface area contributed by atoms with Gasteiger partial charge in [0.2, 0.25) is 0 Å². The summed E-state index contributed by atoms with van der Waals surface area (Å²) in [5, 5.41) is 3.91. The van der Waals surface area contributed by atoms with Gasteiger partial charge in [0, 0.05) is 6.21 Å². The van der Waals surface area contributed by atoms with E-state index in [2.05, 4.69) is 22.7 Å². The van der Waals surface area contributed by atoms with E-state index >= 15 is 0 Å². The largest absolute Gasteiger partial charge is 0.481 e. The summed E-state index contributed by atoms with van der Waals surface area (Å²) >= 11 is 0. The van der Waals surface area contributed by atoms with Crippen LogP contribution in [0.5, 0.6) is 5.75 Å². The maximum absolute atomic E-state index is 12.1. The lowest BCUT2D eigenvalue weighted by Crippen LogP contribution is -2.33. The zero-order valence-electron chi connectivity index (χ0n) is 15.7. The first kappa shape index (κ1) is 19.1. The highest BCUT2D eigenvalue weighted by atomic mass is 16.5. The minimum Gasteiger partial charge on any atom is -0.481 e. The van der Waals surface area contributed by atoms with Crippen molar-refractivity contribution in [1.29, 1.82) is 0 Å². The molecule has 3 rings (SSSR count). The monoisotopic (exact) mass is 370 g/mol. The SMILES string of the molecule is CC(Oc1ccc(-c2ccccc2)cc1)C(=O)N/N=C/C=C/c1ccccc1. The molecule has 0 aliphatic carbocycles. The summed E-state index contributed by atoms with van der Waals surface area (Å²) in [6.45, 7) is 1.69. The summed E-state index contributed by atoms with van der Waals surface area (Å²) in [6.07, 6.45) is 4.55. The van der Waals surface area contributed by atoms with Crippen LogP contribution in [-0.4, -0.2) is 18.2 Å². The van der Waals surface area contributed by atoms with Crippen LogP contribution in [0.1, 0.15) is 12.5 Å². The fraction of sp³-hybridized carbons (Fsp3) is 0.0833. The molecule has 0 radical (unpaired) electrons. The van der Waals surface area contributed by atoms with E-state index in [0.717, 1.165) is 16.7 Å². The van der Waals surface area contributed by atoms with Crippen LogP contribution in [0.3, 0.4) is 0 Å². The van der Waals surface area contributed by atoms with Crippen LogP contribution in [0.4, 0.5) is 0 Å². The molecule has 0 saturated heterocycles. The van der Waals surface area contributed by atoms with Gasteiger partial charge in [-0.05, 0) is 41.8 Å². The van der Waals surface area contributed by atoms with Gasteiger partial charge in [0.05, 0.1) is 0 Å². The van der Waals surface area contributed by atoms with Crippen LogP contribution in [0, 0.1) is 0 Å². The second-order valence-electron chi connectivity index (χ2n) is 6.17. The van der Waals surface area contributed by atoms with Crippen molar-refractivity contribution in [2.24, 2.45) is 5.10 Å². The number of benzene rings is 3. The van der Waals surface area contributed by atoms with Crippen molar-refractivity contribution in [2.75, 3.05) is 0 Å². The molecule has 0 heterocycles. The number of ether oxygens (including phenoxy) is 1. The lowest BCUT2D eigenvalue weighted by atomic mass is 10.1. The Bertz CT molecular complexity index is 933. The standard InChI is InChI=1S/C24H22N2O2/c1-19(24(27)26-25-18-8-11-20-9-4-2-5-10-20)28-23-16-14-22(15-17-23)21-12-6-3-7-13-21/h2-19H,1H3,(H,26,27)/b11-8+,25-18+. The Labute approximate surface area is 165 Å². The van der Waals surface area contributed by atoms with Crippen molar-refractivity contribution in [1.82, 2.24) is 5.43 Å². The number of amides is 1. The van der Waals surface area contributed by atoms with Crippen LogP contribution in [0.2, 0.25) is 0 Å². The number of rotatable bonds is 7. The van der Waals surface area contributed by atoms with Gasteiger partial charge in [-0.3, -0.25) is 4.79 Å². The first-order chi connectivity index (χ1) is 13.7. The van der Waals surface area contributed by atoms with E-state index in [0.29, 0.717) is 5.75 Å². The molecule has 4 nitrogen and oxygen atoms in total. The van der Waals surface area contributed by atoms with Crippen LogP contribution in [0.25, 0.3) is 17.2 Å². The quantitative estimate of drug-likeness (QED) is 0.473. The maximum atomic E-state index is 12.1. The average molecular weight is 370 g/mol. The zero-order chi connectivity index (χ0) is 19.6. The Morgan fingerprint density at radius 3 is 2.18 bits per heavy atom. The van der Waals surface area contributed by atoms with Gasteiger partial charge >= 0.3 is 0 Å². The van der Waals surface area contributed by atoms with Crippen molar-refractivity contribution in [3.8, 4) is 16.9 Å². The molecule has 0 aromatic heterocycles. The predicted molar refractivity (Wildman–Crippen MR) is 114 cm³/mol. The molecule has 0 fully saturated rings. The molecular formula is C24H22N2O2. The Morgan fingerprint density at radius 2 is 1.50 bits per heavy atom. The lowest BCUT2D eigenvalue weighted by Gasteiger charge is -2.13. The van der Waals surface area contributed by atoms with E-state index in [4.69, 9.17) is 4.74 Å². The Hall–Kier alpha value is -3.66. The van der Waals surface area contributed by atoms with E-state index in [1.165, 1.54) is 6.21 Å². The van der Waals surface area contributed by atoms with Crippen molar-refractivity contribution in [3.63, 3.8) is 0 Å². The smallest absolute Gasteiger partial charge is 0.280 e. The molecule has 0 aliphatic rings. The number of nitrogens with zero attached hydrogens (tertiary/aromatic N) is 1. The summed E-state index contributed by atoms with van der Waals surface area (Å²) in [5.74, 6) is 0.326. The molecule has 1 N–H and O–H groups in total. The summed E-state index contributed by atoms with van der Waals surface area (Å²) in [6, 6.07) is 27.6. The maximum Gasteiger partial charge on any atom is 0.280 e. The number of hydrazone groups is 1. The van der Waals surface area contributed by atoms with Gasteiger partial charge < -0.3 is 4.74 Å². The van der Waals surface area contributed by atoms with E-state index in [-0.39, 0.29) is 5.91 Å². The fourth-order valence-corrected chi connectivity index (χ4v) is 2.57. The lowest BCUT2D eigenvalue weighted by molar-refractivity contribution is -0.127. The molecule has 3 aromatic carbocycles. The molecule has 1 unspecified atom stereocenters. The number of carbonyl (C=O) groups excluding carboxylic acids is 1. The van der Waals surface area contributed by atoms with E-state index in [9.17, 15) is 4.79 Å². The highest BCUT2D eigenvalue weighted by molar-refractivity contribution is 5.83. The third kappa shape index (κ3) is 5.68. The number of carbonyl (C=O) groups is 1. The minimum absolute atomic E-state index is 0.309. The van der Waals surface area contributed by atoms with E-state index in [1.54, 1.807) is 13.0 Å².